The Morgan fingerprint density at radius 1 is 1.24 bits per heavy atom. The first-order valence-corrected chi connectivity index (χ1v) is 8.63. The fourth-order valence-corrected chi connectivity index (χ4v) is 2.82. The second kappa shape index (κ2) is 8.19. The fraction of sp³-hybridized carbons (Fsp3) is 0.500. The molecule has 1 heterocycles. The molecule has 1 aromatic rings. The summed E-state index contributed by atoms with van der Waals surface area (Å²) in [5.41, 5.74) is 0.0423. The van der Waals surface area contributed by atoms with Gasteiger partial charge in [0.25, 0.3) is 0 Å². The third kappa shape index (κ3) is 5.62. The number of methoxy groups -OCH3 is 1. The smallest absolute Gasteiger partial charge is 0.410 e. The van der Waals surface area contributed by atoms with Crippen LogP contribution in [0, 0.1) is 5.92 Å². The maximum absolute atomic E-state index is 12.4. The zero-order valence-electron chi connectivity index (χ0n) is 15.5. The zero-order chi connectivity index (χ0) is 18.4. The van der Waals surface area contributed by atoms with Crippen molar-refractivity contribution in [3.05, 3.63) is 42.0 Å². The lowest BCUT2D eigenvalue weighted by atomic mass is 9.97. The molecule has 1 fully saturated rings. The van der Waals surface area contributed by atoms with Gasteiger partial charge in [-0.2, -0.15) is 0 Å². The molecule has 2 rings (SSSR count). The SMILES string of the molecule is COc1ccccc1C(=O)/C=C/C1CCCN(C(=O)OC(C)(C)C)C1. The van der Waals surface area contributed by atoms with Gasteiger partial charge in [-0.05, 0) is 57.7 Å². The van der Waals surface area contributed by atoms with Crippen LogP contribution in [0.3, 0.4) is 0 Å². The third-order valence-corrected chi connectivity index (χ3v) is 4.00. The third-order valence-electron chi connectivity index (χ3n) is 4.00. The summed E-state index contributed by atoms with van der Waals surface area (Å²) in [6, 6.07) is 7.17. The Morgan fingerprint density at radius 2 is 1.96 bits per heavy atom. The van der Waals surface area contributed by atoms with Gasteiger partial charge < -0.3 is 14.4 Å². The lowest BCUT2D eigenvalue weighted by molar-refractivity contribution is 0.0187. The van der Waals surface area contributed by atoms with Crippen LogP contribution in [-0.4, -0.2) is 42.6 Å². The maximum Gasteiger partial charge on any atom is 0.410 e. The van der Waals surface area contributed by atoms with E-state index in [2.05, 4.69) is 0 Å². The van der Waals surface area contributed by atoms with E-state index in [0.717, 1.165) is 12.8 Å². The lowest BCUT2D eigenvalue weighted by Crippen LogP contribution is -2.42. The van der Waals surface area contributed by atoms with E-state index in [1.54, 1.807) is 30.2 Å². The number of rotatable bonds is 4. The van der Waals surface area contributed by atoms with Gasteiger partial charge >= 0.3 is 6.09 Å². The number of allylic oxidation sites excluding steroid dienone is 1. The Balaban J connectivity index is 1.99. The van der Waals surface area contributed by atoms with Crippen molar-refractivity contribution in [3.63, 3.8) is 0 Å². The molecule has 0 N–H and O–H groups in total. The number of hydrogen-bond donors (Lipinski definition) is 0. The Morgan fingerprint density at radius 3 is 2.64 bits per heavy atom. The number of piperidine rings is 1. The van der Waals surface area contributed by atoms with Gasteiger partial charge in [0.2, 0.25) is 0 Å². The van der Waals surface area contributed by atoms with Crippen LogP contribution < -0.4 is 4.74 Å². The largest absolute Gasteiger partial charge is 0.496 e. The van der Waals surface area contributed by atoms with Crippen LogP contribution in [0.15, 0.2) is 36.4 Å². The first-order chi connectivity index (χ1) is 11.8. The summed E-state index contributed by atoms with van der Waals surface area (Å²) >= 11 is 0. The van der Waals surface area contributed by atoms with E-state index in [4.69, 9.17) is 9.47 Å². The molecule has 1 atom stereocenters. The number of benzene rings is 1. The molecule has 0 aromatic heterocycles. The minimum Gasteiger partial charge on any atom is -0.496 e. The molecule has 1 unspecified atom stereocenters. The molecule has 25 heavy (non-hydrogen) atoms. The maximum atomic E-state index is 12.4. The van der Waals surface area contributed by atoms with Crippen LogP contribution in [-0.2, 0) is 4.74 Å². The van der Waals surface area contributed by atoms with Gasteiger partial charge in [0.1, 0.15) is 11.4 Å². The molecule has 1 aliphatic heterocycles. The summed E-state index contributed by atoms with van der Waals surface area (Å²) in [4.78, 5) is 26.3. The van der Waals surface area contributed by atoms with E-state index in [1.165, 1.54) is 0 Å². The van der Waals surface area contributed by atoms with E-state index in [9.17, 15) is 9.59 Å². The van der Waals surface area contributed by atoms with Crippen molar-refractivity contribution in [2.75, 3.05) is 20.2 Å². The predicted octanol–water partition coefficient (Wildman–Crippen LogP) is 4.08. The number of ether oxygens (including phenoxy) is 2. The summed E-state index contributed by atoms with van der Waals surface area (Å²) in [5.74, 6) is 0.628. The molecule has 1 aliphatic rings. The highest BCUT2D eigenvalue weighted by molar-refractivity contribution is 6.06. The first-order valence-electron chi connectivity index (χ1n) is 8.63. The van der Waals surface area contributed by atoms with Gasteiger partial charge in [-0.25, -0.2) is 4.79 Å². The summed E-state index contributed by atoms with van der Waals surface area (Å²) < 4.78 is 10.7. The number of ketones is 1. The van der Waals surface area contributed by atoms with Crippen molar-refractivity contribution in [1.82, 2.24) is 4.90 Å². The highest BCUT2D eigenvalue weighted by atomic mass is 16.6. The van der Waals surface area contributed by atoms with Crippen LogP contribution in [0.4, 0.5) is 4.79 Å². The van der Waals surface area contributed by atoms with Gasteiger partial charge in [-0.3, -0.25) is 4.79 Å². The summed E-state index contributed by atoms with van der Waals surface area (Å²) in [5, 5.41) is 0. The topological polar surface area (TPSA) is 55.8 Å². The van der Waals surface area contributed by atoms with E-state index in [0.29, 0.717) is 24.4 Å². The molecular formula is C20H27NO4. The zero-order valence-corrected chi connectivity index (χ0v) is 15.5. The minimum atomic E-state index is -0.500. The number of carbonyl (C=O) groups is 2. The van der Waals surface area contributed by atoms with E-state index < -0.39 is 5.60 Å². The molecule has 1 amide bonds. The molecular weight excluding hydrogens is 318 g/mol. The average Bonchev–Trinajstić information content (AvgIpc) is 2.58. The molecule has 5 heteroatoms. The van der Waals surface area contributed by atoms with Crippen LogP contribution >= 0.6 is 0 Å². The van der Waals surface area contributed by atoms with Gasteiger partial charge in [0.15, 0.2) is 5.78 Å². The van der Waals surface area contributed by atoms with Crippen molar-refractivity contribution in [1.29, 1.82) is 0 Å². The molecule has 0 bridgehead atoms. The van der Waals surface area contributed by atoms with Crippen LogP contribution in [0.2, 0.25) is 0 Å². The van der Waals surface area contributed by atoms with E-state index in [1.807, 2.05) is 39.0 Å². The van der Waals surface area contributed by atoms with Gasteiger partial charge in [-0.15, -0.1) is 0 Å². The Bertz CT molecular complexity index is 645. The predicted molar refractivity (Wildman–Crippen MR) is 97.0 cm³/mol. The molecule has 0 spiro atoms. The van der Waals surface area contributed by atoms with Crippen molar-refractivity contribution in [3.8, 4) is 5.75 Å². The summed E-state index contributed by atoms with van der Waals surface area (Å²) in [6.45, 7) is 6.85. The summed E-state index contributed by atoms with van der Waals surface area (Å²) in [7, 11) is 1.55. The van der Waals surface area contributed by atoms with Gasteiger partial charge in [-0.1, -0.05) is 18.2 Å². The van der Waals surface area contributed by atoms with Gasteiger partial charge in [0.05, 0.1) is 12.7 Å². The number of hydrogen-bond acceptors (Lipinski definition) is 4. The Labute approximate surface area is 149 Å². The second-order valence-corrected chi connectivity index (χ2v) is 7.25. The summed E-state index contributed by atoms with van der Waals surface area (Å²) in [6.07, 6.45) is 5.04. The van der Waals surface area contributed by atoms with E-state index >= 15 is 0 Å². The molecule has 0 saturated carbocycles. The standard InChI is InChI=1S/C20H27NO4/c1-20(2,3)25-19(23)21-13-7-8-15(14-21)11-12-17(22)16-9-5-6-10-18(16)24-4/h5-6,9-12,15H,7-8,13-14H2,1-4H3/b12-11+. The van der Waals surface area contributed by atoms with Gasteiger partial charge in [0, 0.05) is 13.1 Å². The Kier molecular flexibility index (Phi) is 6.23. The normalized spacial score (nSPS) is 18.2. The van der Waals surface area contributed by atoms with Crippen molar-refractivity contribution < 1.29 is 19.1 Å². The van der Waals surface area contributed by atoms with Crippen LogP contribution in [0.5, 0.6) is 5.75 Å². The number of nitrogens with zero attached hydrogens (tertiary/aromatic N) is 1. The quantitative estimate of drug-likeness (QED) is 0.609. The number of amides is 1. The van der Waals surface area contributed by atoms with Crippen molar-refractivity contribution in [2.45, 2.75) is 39.2 Å². The highest BCUT2D eigenvalue weighted by Gasteiger charge is 2.26. The fourth-order valence-electron chi connectivity index (χ4n) is 2.82. The number of para-hydroxylation sites is 1. The van der Waals surface area contributed by atoms with Crippen molar-refractivity contribution >= 4 is 11.9 Å². The molecule has 0 aliphatic carbocycles. The second-order valence-electron chi connectivity index (χ2n) is 7.25. The number of likely N-dealkylation sites (tertiary alicyclic amines) is 1. The van der Waals surface area contributed by atoms with Crippen LogP contribution in [0.1, 0.15) is 44.0 Å². The van der Waals surface area contributed by atoms with Crippen LogP contribution in [0.25, 0.3) is 0 Å². The Hall–Kier alpha value is -2.30. The lowest BCUT2D eigenvalue weighted by Gasteiger charge is -2.33. The molecule has 5 nitrogen and oxygen atoms in total. The highest BCUT2D eigenvalue weighted by Crippen LogP contribution is 2.22. The monoisotopic (exact) mass is 345 g/mol. The minimum absolute atomic E-state index is 0.0909. The number of carbonyl (C=O) groups excluding carboxylic acids is 2. The molecule has 1 saturated heterocycles. The molecule has 1 aromatic carbocycles. The van der Waals surface area contributed by atoms with Crippen molar-refractivity contribution in [2.24, 2.45) is 5.92 Å². The van der Waals surface area contributed by atoms with E-state index in [-0.39, 0.29) is 17.8 Å². The average molecular weight is 345 g/mol. The molecule has 136 valence electrons. The first kappa shape index (κ1) is 19.0. The molecule has 0 radical (unpaired) electrons.